The fraction of sp³-hybridized carbons (Fsp3) is 0.481. The summed E-state index contributed by atoms with van der Waals surface area (Å²) in [6, 6.07) is 14.0. The Morgan fingerprint density at radius 2 is 1.82 bits per heavy atom. The van der Waals surface area contributed by atoms with Crippen molar-refractivity contribution in [1.29, 1.82) is 0 Å². The molecule has 33 heavy (non-hydrogen) atoms. The van der Waals surface area contributed by atoms with Crippen LogP contribution in [0.25, 0.3) is 11.1 Å². The Balaban J connectivity index is 1.44. The molecule has 2 aromatic heterocycles. The first-order valence-corrected chi connectivity index (χ1v) is 12.3. The van der Waals surface area contributed by atoms with Gasteiger partial charge in [-0.15, -0.1) is 0 Å². The number of rotatable bonds is 5. The van der Waals surface area contributed by atoms with Crippen LogP contribution >= 0.6 is 0 Å². The average molecular weight is 448 g/mol. The van der Waals surface area contributed by atoms with Crippen molar-refractivity contribution in [3.05, 3.63) is 60.0 Å². The van der Waals surface area contributed by atoms with E-state index < -0.39 is 5.54 Å². The van der Waals surface area contributed by atoms with Crippen molar-refractivity contribution in [3.63, 3.8) is 0 Å². The fourth-order valence-electron chi connectivity index (χ4n) is 5.45. The lowest BCUT2D eigenvalue weighted by atomic mass is 9.91. The first-order valence-electron chi connectivity index (χ1n) is 12.3. The van der Waals surface area contributed by atoms with E-state index in [2.05, 4.69) is 17.4 Å². The van der Waals surface area contributed by atoms with Crippen LogP contribution in [-0.4, -0.2) is 39.4 Å². The Bertz CT molecular complexity index is 1120. The largest absolute Gasteiger partial charge is 0.463 e. The molecule has 5 rings (SSSR count). The van der Waals surface area contributed by atoms with Crippen LogP contribution in [0.2, 0.25) is 0 Å². The Kier molecular flexibility index (Phi) is 6.00. The molecule has 0 unspecified atom stereocenters. The molecule has 0 bridgehead atoms. The Morgan fingerprint density at radius 3 is 2.58 bits per heavy atom. The summed E-state index contributed by atoms with van der Waals surface area (Å²) in [6.07, 6.45) is 10.4. The first-order chi connectivity index (χ1) is 16.1. The molecule has 1 saturated carbocycles. The zero-order chi connectivity index (χ0) is 22.8. The maximum atomic E-state index is 13.8. The molecule has 0 saturated heterocycles. The molecule has 6 heteroatoms. The monoisotopic (exact) mass is 447 g/mol. The number of benzene rings is 1. The van der Waals surface area contributed by atoms with Crippen LogP contribution in [0, 0.1) is 0 Å². The molecule has 0 spiro atoms. The quantitative estimate of drug-likeness (QED) is 0.604. The Hall–Kier alpha value is -3.02. The van der Waals surface area contributed by atoms with Crippen molar-refractivity contribution in [3.8, 4) is 0 Å². The number of hydrogen-bond donors (Lipinski definition) is 1. The van der Waals surface area contributed by atoms with Crippen LogP contribution < -0.4 is 5.32 Å². The van der Waals surface area contributed by atoms with Gasteiger partial charge >= 0.3 is 0 Å². The molecule has 3 heterocycles. The number of hydrogen-bond acceptors (Lipinski definition) is 3. The molecule has 174 valence electrons. The minimum absolute atomic E-state index is 0.0505. The first kappa shape index (κ1) is 21.8. The molecule has 3 aromatic rings. The summed E-state index contributed by atoms with van der Waals surface area (Å²) < 4.78 is 7.52. The van der Waals surface area contributed by atoms with Gasteiger partial charge in [-0.2, -0.15) is 0 Å². The van der Waals surface area contributed by atoms with E-state index in [-0.39, 0.29) is 17.9 Å². The van der Waals surface area contributed by atoms with Gasteiger partial charge in [0.15, 0.2) is 5.58 Å². The van der Waals surface area contributed by atoms with E-state index in [1.54, 1.807) is 17.2 Å². The summed E-state index contributed by atoms with van der Waals surface area (Å²) in [4.78, 5) is 29.3. The predicted molar refractivity (Wildman–Crippen MR) is 128 cm³/mol. The van der Waals surface area contributed by atoms with Gasteiger partial charge in [-0.05, 0) is 31.7 Å². The summed E-state index contributed by atoms with van der Waals surface area (Å²) in [6.45, 7) is 2.83. The second-order valence-corrected chi connectivity index (χ2v) is 9.77. The highest BCUT2D eigenvalue weighted by atomic mass is 16.3. The maximum absolute atomic E-state index is 13.8. The highest BCUT2D eigenvalue weighted by molar-refractivity contribution is 6.02. The van der Waals surface area contributed by atoms with Crippen LogP contribution in [0.5, 0.6) is 0 Å². The molecular formula is C27H33N3O3. The van der Waals surface area contributed by atoms with Crippen LogP contribution in [-0.2, 0) is 17.8 Å². The molecule has 1 fully saturated rings. The van der Waals surface area contributed by atoms with E-state index in [1.165, 1.54) is 19.3 Å². The molecule has 1 N–H and O–H groups in total. The lowest BCUT2D eigenvalue weighted by molar-refractivity contribution is -0.133. The Morgan fingerprint density at radius 1 is 1.09 bits per heavy atom. The lowest BCUT2D eigenvalue weighted by Gasteiger charge is -2.44. The van der Waals surface area contributed by atoms with E-state index in [1.807, 2.05) is 35.8 Å². The molecule has 0 radical (unpaired) electrons. The molecule has 1 aliphatic heterocycles. The van der Waals surface area contributed by atoms with Gasteiger partial charge in [0.2, 0.25) is 5.91 Å². The maximum Gasteiger partial charge on any atom is 0.271 e. The molecular weight excluding hydrogens is 414 g/mol. The summed E-state index contributed by atoms with van der Waals surface area (Å²) in [5, 5.41) is 3.34. The van der Waals surface area contributed by atoms with Gasteiger partial charge in [0.25, 0.3) is 5.91 Å². The summed E-state index contributed by atoms with van der Waals surface area (Å²) >= 11 is 0. The SMILES string of the molecule is C[C@@]1(C(=O)NC2CCCCCCC2)Cn2c(cc3occc32)C(=O)N1CCc1ccccc1. The lowest BCUT2D eigenvalue weighted by Crippen LogP contribution is -2.65. The minimum atomic E-state index is -0.968. The number of amides is 2. The Labute approximate surface area is 194 Å². The fourth-order valence-corrected chi connectivity index (χ4v) is 5.45. The zero-order valence-electron chi connectivity index (χ0n) is 19.4. The number of aromatic nitrogens is 1. The van der Waals surface area contributed by atoms with Crippen LogP contribution in [0.3, 0.4) is 0 Å². The van der Waals surface area contributed by atoms with Gasteiger partial charge in [-0.25, -0.2) is 0 Å². The summed E-state index contributed by atoms with van der Waals surface area (Å²) in [7, 11) is 0. The number of nitrogens with one attached hydrogen (secondary N) is 1. The molecule has 1 aliphatic carbocycles. The van der Waals surface area contributed by atoms with Crippen LogP contribution in [0.1, 0.15) is 67.9 Å². The molecule has 1 atom stereocenters. The van der Waals surface area contributed by atoms with E-state index in [0.29, 0.717) is 30.8 Å². The molecule has 2 amide bonds. The molecule has 1 aromatic carbocycles. The van der Waals surface area contributed by atoms with Gasteiger partial charge in [0.1, 0.15) is 11.2 Å². The molecule has 2 aliphatic rings. The van der Waals surface area contributed by atoms with E-state index in [0.717, 1.165) is 36.8 Å². The van der Waals surface area contributed by atoms with Crippen LogP contribution in [0.4, 0.5) is 0 Å². The highest BCUT2D eigenvalue weighted by Gasteiger charge is 2.48. The van der Waals surface area contributed by atoms with Crippen molar-refractivity contribution in [2.75, 3.05) is 6.54 Å². The minimum Gasteiger partial charge on any atom is -0.463 e. The van der Waals surface area contributed by atoms with Gasteiger partial charge < -0.3 is 19.2 Å². The third-order valence-corrected chi connectivity index (χ3v) is 7.45. The van der Waals surface area contributed by atoms with E-state index >= 15 is 0 Å². The van der Waals surface area contributed by atoms with Crippen molar-refractivity contribution in [2.45, 2.75) is 76.4 Å². The van der Waals surface area contributed by atoms with Gasteiger partial charge in [-0.1, -0.05) is 62.4 Å². The number of fused-ring (bicyclic) bond motifs is 3. The normalized spacial score (nSPS) is 22.1. The van der Waals surface area contributed by atoms with Gasteiger partial charge in [0.05, 0.1) is 18.3 Å². The predicted octanol–water partition coefficient (Wildman–Crippen LogP) is 4.92. The second kappa shape index (κ2) is 9.08. The van der Waals surface area contributed by atoms with Gasteiger partial charge in [-0.3, -0.25) is 9.59 Å². The number of carbonyl (C=O) groups is 2. The number of nitrogens with zero attached hydrogens (tertiary/aromatic N) is 2. The van der Waals surface area contributed by atoms with Crippen LogP contribution in [0.15, 0.2) is 53.1 Å². The average Bonchev–Trinajstić information content (AvgIpc) is 3.38. The zero-order valence-corrected chi connectivity index (χ0v) is 19.4. The smallest absolute Gasteiger partial charge is 0.271 e. The molecule has 6 nitrogen and oxygen atoms in total. The number of furan rings is 1. The number of carbonyl (C=O) groups excluding carboxylic acids is 2. The van der Waals surface area contributed by atoms with Crippen molar-refractivity contribution in [2.24, 2.45) is 0 Å². The van der Waals surface area contributed by atoms with Crippen molar-refractivity contribution in [1.82, 2.24) is 14.8 Å². The summed E-state index contributed by atoms with van der Waals surface area (Å²) in [5.41, 5.74) is 2.33. The van der Waals surface area contributed by atoms with Gasteiger partial charge in [0, 0.05) is 24.7 Å². The third-order valence-electron chi connectivity index (χ3n) is 7.45. The standard InChI is InChI=1S/C27H33N3O3/c1-27(26(32)28-21-12-8-3-2-4-9-13-21)19-29-22-15-17-33-24(22)18-23(29)25(31)30(27)16-14-20-10-6-5-7-11-20/h5-7,10-11,15,17-18,21H,2-4,8-9,12-14,16,19H2,1H3,(H,28,32)/t27-/m0/s1. The topological polar surface area (TPSA) is 67.5 Å². The van der Waals surface area contributed by atoms with Crippen molar-refractivity contribution >= 4 is 22.9 Å². The van der Waals surface area contributed by atoms with Crippen molar-refractivity contribution < 1.29 is 14.0 Å². The summed E-state index contributed by atoms with van der Waals surface area (Å²) in [5.74, 6) is -0.163. The second-order valence-electron chi connectivity index (χ2n) is 9.77. The van der Waals surface area contributed by atoms with E-state index in [9.17, 15) is 9.59 Å². The highest BCUT2D eigenvalue weighted by Crippen LogP contribution is 2.33. The van der Waals surface area contributed by atoms with E-state index in [4.69, 9.17) is 4.42 Å². The third kappa shape index (κ3) is 4.19.